The van der Waals surface area contributed by atoms with Crippen LogP contribution in [0.2, 0.25) is 0 Å². The fraction of sp³-hybridized carbons (Fsp3) is 0.467. The third-order valence-electron chi connectivity index (χ3n) is 3.73. The monoisotopic (exact) mass is 393 g/mol. The van der Waals surface area contributed by atoms with Gasteiger partial charge in [-0.05, 0) is 25.6 Å². The number of sulfone groups is 1. The number of carbonyl (C=O) groups is 2. The highest BCUT2D eigenvalue weighted by Gasteiger charge is 2.29. The molecule has 0 spiro atoms. The SMILES string of the molecule is CN(CC(=O)Nc1ccc(F)c(F)c1F)CC(=O)N[C@@H]1CCS(=O)(=O)C1. The van der Waals surface area contributed by atoms with Crippen LogP contribution in [0.25, 0.3) is 0 Å². The molecule has 0 unspecified atom stereocenters. The summed E-state index contributed by atoms with van der Waals surface area (Å²) in [5.74, 6) is -5.85. The second-order valence-corrected chi connectivity index (χ2v) is 8.34. The van der Waals surface area contributed by atoms with E-state index in [2.05, 4.69) is 10.6 Å². The zero-order valence-corrected chi connectivity index (χ0v) is 14.7. The summed E-state index contributed by atoms with van der Waals surface area (Å²) < 4.78 is 62.2. The molecule has 2 N–H and O–H groups in total. The van der Waals surface area contributed by atoms with E-state index >= 15 is 0 Å². The molecule has 1 atom stereocenters. The first kappa shape index (κ1) is 20.2. The van der Waals surface area contributed by atoms with Crippen molar-refractivity contribution in [3.63, 3.8) is 0 Å². The van der Waals surface area contributed by atoms with Crippen molar-refractivity contribution < 1.29 is 31.2 Å². The van der Waals surface area contributed by atoms with E-state index < -0.39 is 50.8 Å². The average Bonchev–Trinajstić information content (AvgIpc) is 2.86. The van der Waals surface area contributed by atoms with Crippen molar-refractivity contribution in [2.75, 3.05) is 37.0 Å². The Bertz CT molecular complexity index is 817. The fourth-order valence-corrected chi connectivity index (χ4v) is 4.21. The molecular weight excluding hydrogens is 375 g/mol. The van der Waals surface area contributed by atoms with Crippen molar-refractivity contribution >= 4 is 27.3 Å². The summed E-state index contributed by atoms with van der Waals surface area (Å²) >= 11 is 0. The molecule has 1 heterocycles. The third-order valence-corrected chi connectivity index (χ3v) is 5.50. The minimum Gasteiger partial charge on any atom is -0.351 e. The Hall–Kier alpha value is -2.14. The van der Waals surface area contributed by atoms with Gasteiger partial charge in [0.15, 0.2) is 27.3 Å². The molecule has 1 fully saturated rings. The van der Waals surface area contributed by atoms with Crippen LogP contribution in [0.15, 0.2) is 12.1 Å². The second kappa shape index (κ2) is 8.04. The average molecular weight is 393 g/mol. The predicted molar refractivity (Wildman–Crippen MR) is 87.6 cm³/mol. The molecule has 26 heavy (non-hydrogen) atoms. The number of rotatable bonds is 6. The molecule has 1 aliphatic rings. The molecule has 1 aromatic rings. The smallest absolute Gasteiger partial charge is 0.238 e. The van der Waals surface area contributed by atoms with Crippen molar-refractivity contribution in [1.82, 2.24) is 10.2 Å². The van der Waals surface area contributed by atoms with Crippen LogP contribution in [0.3, 0.4) is 0 Å². The molecule has 7 nitrogen and oxygen atoms in total. The number of nitrogens with one attached hydrogen (secondary N) is 2. The van der Waals surface area contributed by atoms with Crippen LogP contribution in [0.5, 0.6) is 0 Å². The van der Waals surface area contributed by atoms with E-state index in [1.54, 1.807) is 0 Å². The Morgan fingerprint density at radius 1 is 1.15 bits per heavy atom. The van der Waals surface area contributed by atoms with Crippen molar-refractivity contribution in [1.29, 1.82) is 0 Å². The van der Waals surface area contributed by atoms with E-state index in [0.717, 1.165) is 6.07 Å². The minimum atomic E-state index is -3.12. The maximum atomic E-state index is 13.5. The van der Waals surface area contributed by atoms with Gasteiger partial charge in [-0.25, -0.2) is 21.6 Å². The normalized spacial score (nSPS) is 18.7. The fourth-order valence-electron chi connectivity index (χ4n) is 2.54. The Labute approximate surface area is 148 Å². The number of nitrogens with zero attached hydrogens (tertiary/aromatic N) is 1. The Morgan fingerprint density at radius 2 is 1.81 bits per heavy atom. The quantitative estimate of drug-likeness (QED) is 0.677. The van der Waals surface area contributed by atoms with Crippen LogP contribution < -0.4 is 10.6 Å². The summed E-state index contributed by atoms with van der Waals surface area (Å²) in [6.45, 7) is -0.501. The number of hydrogen-bond donors (Lipinski definition) is 2. The Balaban J connectivity index is 1.82. The molecule has 2 amide bonds. The predicted octanol–water partition coefficient (Wildman–Crippen LogP) is 0.277. The van der Waals surface area contributed by atoms with E-state index in [4.69, 9.17) is 0 Å². The first-order chi connectivity index (χ1) is 12.1. The maximum absolute atomic E-state index is 13.5. The number of likely N-dealkylation sites (N-methyl/N-ethyl adjacent to an activating group) is 1. The zero-order valence-electron chi connectivity index (χ0n) is 13.9. The molecule has 0 saturated carbocycles. The van der Waals surface area contributed by atoms with Crippen LogP contribution in [0.4, 0.5) is 18.9 Å². The van der Waals surface area contributed by atoms with E-state index in [1.807, 2.05) is 0 Å². The second-order valence-electron chi connectivity index (χ2n) is 6.11. The minimum absolute atomic E-state index is 0.0238. The summed E-state index contributed by atoms with van der Waals surface area (Å²) in [6.07, 6.45) is 0.341. The topological polar surface area (TPSA) is 95.6 Å². The molecule has 1 aromatic carbocycles. The van der Waals surface area contributed by atoms with Crippen molar-refractivity contribution in [3.8, 4) is 0 Å². The third kappa shape index (κ3) is 5.43. The first-order valence-electron chi connectivity index (χ1n) is 7.69. The Kier molecular flexibility index (Phi) is 6.24. The van der Waals surface area contributed by atoms with Crippen molar-refractivity contribution in [2.24, 2.45) is 0 Å². The number of hydrogen-bond acceptors (Lipinski definition) is 5. The van der Waals surface area contributed by atoms with Crippen molar-refractivity contribution in [2.45, 2.75) is 12.5 Å². The summed E-state index contributed by atoms with van der Waals surface area (Å²) in [5.41, 5.74) is -0.511. The molecular formula is C15H18F3N3O4S. The van der Waals surface area contributed by atoms with Crippen LogP contribution in [0.1, 0.15) is 6.42 Å². The number of carbonyl (C=O) groups excluding carboxylic acids is 2. The lowest BCUT2D eigenvalue weighted by Gasteiger charge is -2.18. The molecule has 1 aliphatic heterocycles. The van der Waals surface area contributed by atoms with Gasteiger partial charge in [0.25, 0.3) is 0 Å². The number of anilines is 1. The molecule has 11 heteroatoms. The van der Waals surface area contributed by atoms with Gasteiger partial charge in [0, 0.05) is 6.04 Å². The van der Waals surface area contributed by atoms with Crippen LogP contribution in [0, 0.1) is 17.5 Å². The van der Waals surface area contributed by atoms with Crippen LogP contribution in [-0.2, 0) is 19.4 Å². The lowest BCUT2D eigenvalue weighted by molar-refractivity contribution is -0.123. The first-order valence-corrected chi connectivity index (χ1v) is 9.51. The number of amides is 2. The van der Waals surface area contributed by atoms with Gasteiger partial charge in [0.05, 0.1) is 30.3 Å². The number of halogens is 3. The van der Waals surface area contributed by atoms with Gasteiger partial charge in [-0.3, -0.25) is 14.5 Å². The van der Waals surface area contributed by atoms with Gasteiger partial charge in [-0.2, -0.15) is 0 Å². The van der Waals surface area contributed by atoms with E-state index in [1.165, 1.54) is 11.9 Å². The molecule has 2 rings (SSSR count). The highest BCUT2D eigenvalue weighted by molar-refractivity contribution is 7.91. The van der Waals surface area contributed by atoms with E-state index in [9.17, 15) is 31.2 Å². The van der Waals surface area contributed by atoms with E-state index in [0.29, 0.717) is 12.5 Å². The zero-order chi connectivity index (χ0) is 19.5. The molecule has 1 saturated heterocycles. The van der Waals surface area contributed by atoms with Gasteiger partial charge in [-0.1, -0.05) is 0 Å². The number of benzene rings is 1. The van der Waals surface area contributed by atoms with Gasteiger partial charge in [-0.15, -0.1) is 0 Å². The standard InChI is InChI=1S/C15H18F3N3O4S/c1-21(6-12(22)19-9-4-5-26(24,25)8-9)7-13(23)20-11-3-2-10(16)14(17)15(11)18/h2-3,9H,4-8H2,1H3,(H,19,22)(H,20,23)/t9-/m1/s1. The maximum Gasteiger partial charge on any atom is 0.238 e. The van der Waals surface area contributed by atoms with Gasteiger partial charge in [0.1, 0.15) is 0 Å². The largest absolute Gasteiger partial charge is 0.351 e. The summed E-state index contributed by atoms with van der Waals surface area (Å²) in [7, 11) is -1.67. The van der Waals surface area contributed by atoms with Gasteiger partial charge in [0.2, 0.25) is 11.8 Å². The highest BCUT2D eigenvalue weighted by Crippen LogP contribution is 2.19. The summed E-state index contributed by atoms with van der Waals surface area (Å²) in [4.78, 5) is 25.0. The van der Waals surface area contributed by atoms with Crippen LogP contribution >= 0.6 is 0 Å². The molecule has 0 aromatic heterocycles. The molecule has 0 aliphatic carbocycles. The van der Waals surface area contributed by atoms with Gasteiger partial charge < -0.3 is 10.6 Å². The highest BCUT2D eigenvalue weighted by atomic mass is 32.2. The Morgan fingerprint density at radius 3 is 2.42 bits per heavy atom. The van der Waals surface area contributed by atoms with Gasteiger partial charge >= 0.3 is 0 Å². The summed E-state index contributed by atoms with van der Waals surface area (Å²) in [5, 5.41) is 4.66. The molecule has 0 bridgehead atoms. The lowest BCUT2D eigenvalue weighted by atomic mass is 10.2. The molecule has 0 radical (unpaired) electrons. The summed E-state index contributed by atoms with van der Waals surface area (Å²) in [6, 6.07) is 1.12. The van der Waals surface area contributed by atoms with Crippen molar-refractivity contribution in [3.05, 3.63) is 29.6 Å². The molecule has 144 valence electrons. The van der Waals surface area contributed by atoms with Crippen LogP contribution in [-0.4, -0.2) is 62.8 Å². The lowest BCUT2D eigenvalue weighted by Crippen LogP contribution is -2.43. The van der Waals surface area contributed by atoms with E-state index in [-0.39, 0.29) is 24.6 Å².